The van der Waals surface area contributed by atoms with Gasteiger partial charge in [0.15, 0.2) is 0 Å². The van der Waals surface area contributed by atoms with Crippen molar-refractivity contribution in [1.82, 2.24) is 0 Å². The van der Waals surface area contributed by atoms with Crippen molar-refractivity contribution in [3.63, 3.8) is 0 Å². The second kappa shape index (κ2) is 11.3. The van der Waals surface area contributed by atoms with Gasteiger partial charge in [0.05, 0.1) is 17.9 Å². The molecule has 1 heterocycles. The lowest BCUT2D eigenvalue weighted by atomic mass is 10.2. The second-order valence-electron chi connectivity index (χ2n) is 7.92. The normalized spacial score (nSPS) is 13.3. The quantitative estimate of drug-likeness (QED) is 0.202. The van der Waals surface area contributed by atoms with E-state index in [1.807, 2.05) is 6.92 Å². The minimum absolute atomic E-state index is 0.0162. The van der Waals surface area contributed by atoms with E-state index in [0.717, 1.165) is 34.4 Å². The predicted molar refractivity (Wildman–Crippen MR) is 140 cm³/mol. The Labute approximate surface area is 217 Å². The molecule has 0 unspecified atom stereocenters. The van der Waals surface area contributed by atoms with Crippen LogP contribution < -0.4 is 10.2 Å². The van der Waals surface area contributed by atoms with Crippen LogP contribution in [0.3, 0.4) is 0 Å². The first-order valence-corrected chi connectivity index (χ1v) is 12.5. The average Bonchev–Trinajstić information content (AvgIpc) is 3.09. The van der Waals surface area contributed by atoms with Crippen LogP contribution in [0, 0.1) is 0 Å². The van der Waals surface area contributed by atoms with E-state index in [4.69, 9.17) is 16.3 Å². The number of phenols is 1. The zero-order chi connectivity index (χ0) is 25.7. The summed E-state index contributed by atoms with van der Waals surface area (Å²) >= 11 is 7.12. The number of thioether (sulfide) groups is 1. The molecule has 2 amide bonds. The topological polar surface area (TPSA) is 95.9 Å². The molecule has 3 aromatic rings. The second-order valence-corrected chi connectivity index (χ2v) is 9.44. The summed E-state index contributed by atoms with van der Waals surface area (Å²) in [4.78, 5) is 41.1. The van der Waals surface area contributed by atoms with Gasteiger partial charge in [0.1, 0.15) is 16.4 Å². The molecule has 7 nitrogen and oxygen atoms in total. The molecule has 1 aliphatic rings. The SMILES string of the molecule is CCCCOC(=O)c1ccc(N2C(=O)C(Nc3cccc(O)c3)=C(Sc3ccc(Cl)cc3)C2=O)cc1. The highest BCUT2D eigenvalue weighted by Crippen LogP contribution is 2.38. The summed E-state index contributed by atoms with van der Waals surface area (Å²) in [5, 5.41) is 13.4. The lowest BCUT2D eigenvalue weighted by Gasteiger charge is -2.16. The van der Waals surface area contributed by atoms with E-state index in [9.17, 15) is 19.5 Å². The van der Waals surface area contributed by atoms with Gasteiger partial charge in [0.2, 0.25) is 0 Å². The highest BCUT2D eigenvalue weighted by atomic mass is 35.5. The van der Waals surface area contributed by atoms with Crippen molar-refractivity contribution >= 4 is 52.5 Å². The van der Waals surface area contributed by atoms with Crippen LogP contribution in [0.1, 0.15) is 30.1 Å². The molecule has 3 aromatic carbocycles. The number of anilines is 2. The van der Waals surface area contributed by atoms with Gasteiger partial charge in [0.25, 0.3) is 11.8 Å². The van der Waals surface area contributed by atoms with E-state index in [-0.39, 0.29) is 16.4 Å². The molecule has 0 bridgehead atoms. The van der Waals surface area contributed by atoms with Gasteiger partial charge in [-0.15, -0.1) is 0 Å². The third-order valence-electron chi connectivity index (χ3n) is 5.28. The Balaban J connectivity index is 1.63. The molecule has 0 saturated heterocycles. The Hall–Kier alpha value is -3.75. The standard InChI is InChI=1S/C27H23ClN2O5S/c1-2-3-15-35-27(34)17-7-11-20(12-8-17)30-25(32)23(29-19-5-4-6-21(31)16-19)24(26(30)33)36-22-13-9-18(28)10-14-22/h4-14,16,29,31H,2-3,15H2,1H3. The van der Waals surface area contributed by atoms with Gasteiger partial charge in [-0.1, -0.05) is 42.8 Å². The van der Waals surface area contributed by atoms with E-state index in [1.54, 1.807) is 36.4 Å². The number of ether oxygens (including phenoxy) is 1. The van der Waals surface area contributed by atoms with Crippen molar-refractivity contribution in [3.8, 4) is 5.75 Å². The molecule has 0 fully saturated rings. The smallest absolute Gasteiger partial charge is 0.338 e. The average molecular weight is 523 g/mol. The third-order valence-corrected chi connectivity index (χ3v) is 6.63. The van der Waals surface area contributed by atoms with Gasteiger partial charge in [-0.05, 0) is 67.1 Å². The Morgan fingerprint density at radius 2 is 1.75 bits per heavy atom. The number of aromatic hydroxyl groups is 1. The van der Waals surface area contributed by atoms with Crippen LogP contribution in [0.2, 0.25) is 5.02 Å². The van der Waals surface area contributed by atoms with Crippen molar-refractivity contribution in [3.05, 3.63) is 94.0 Å². The number of hydrogen-bond donors (Lipinski definition) is 2. The fourth-order valence-corrected chi connectivity index (χ4v) is 4.49. The Bertz CT molecular complexity index is 1320. The molecule has 36 heavy (non-hydrogen) atoms. The first kappa shape index (κ1) is 25.3. The maximum absolute atomic E-state index is 13.5. The molecule has 0 aliphatic carbocycles. The van der Waals surface area contributed by atoms with E-state index >= 15 is 0 Å². The van der Waals surface area contributed by atoms with Gasteiger partial charge in [-0.25, -0.2) is 9.69 Å². The zero-order valence-corrected chi connectivity index (χ0v) is 20.9. The summed E-state index contributed by atoms with van der Waals surface area (Å²) in [5.41, 5.74) is 1.17. The lowest BCUT2D eigenvalue weighted by Crippen LogP contribution is -2.32. The summed E-state index contributed by atoms with van der Waals surface area (Å²) in [6.07, 6.45) is 1.68. The van der Waals surface area contributed by atoms with E-state index in [2.05, 4.69) is 5.32 Å². The Kier molecular flexibility index (Phi) is 7.97. The number of imide groups is 1. The third kappa shape index (κ3) is 5.72. The van der Waals surface area contributed by atoms with Gasteiger partial charge in [-0.3, -0.25) is 9.59 Å². The Morgan fingerprint density at radius 3 is 2.42 bits per heavy atom. The molecule has 184 valence electrons. The molecule has 0 radical (unpaired) electrons. The first-order chi connectivity index (χ1) is 17.4. The number of phenolic OH excluding ortho intramolecular Hbond substituents is 1. The first-order valence-electron chi connectivity index (χ1n) is 11.3. The molecule has 0 aromatic heterocycles. The monoisotopic (exact) mass is 522 g/mol. The van der Waals surface area contributed by atoms with Crippen LogP contribution in [0.15, 0.2) is 88.3 Å². The zero-order valence-electron chi connectivity index (χ0n) is 19.4. The number of rotatable bonds is 9. The minimum atomic E-state index is -0.557. The van der Waals surface area contributed by atoms with Crippen LogP contribution in [0.5, 0.6) is 5.75 Å². The predicted octanol–water partition coefficient (Wildman–Crippen LogP) is 5.99. The number of unbranched alkanes of at least 4 members (excludes halogenated alkanes) is 1. The summed E-state index contributed by atoms with van der Waals surface area (Å²) in [5.74, 6) is -1.51. The van der Waals surface area contributed by atoms with Crippen molar-refractivity contribution < 1.29 is 24.2 Å². The van der Waals surface area contributed by atoms with Crippen LogP contribution in [-0.2, 0) is 14.3 Å². The number of esters is 1. The summed E-state index contributed by atoms with van der Waals surface area (Å²) in [6, 6.07) is 19.3. The van der Waals surface area contributed by atoms with Gasteiger partial charge < -0.3 is 15.2 Å². The van der Waals surface area contributed by atoms with Crippen molar-refractivity contribution in [2.75, 3.05) is 16.8 Å². The number of benzene rings is 3. The molecule has 0 atom stereocenters. The van der Waals surface area contributed by atoms with E-state index < -0.39 is 17.8 Å². The number of hydrogen-bond acceptors (Lipinski definition) is 7. The van der Waals surface area contributed by atoms with E-state index in [1.165, 1.54) is 36.4 Å². The largest absolute Gasteiger partial charge is 0.508 e. The molecule has 4 rings (SSSR count). The number of carbonyl (C=O) groups excluding carboxylic acids is 3. The molecular weight excluding hydrogens is 500 g/mol. The van der Waals surface area contributed by atoms with E-state index in [0.29, 0.717) is 28.6 Å². The highest BCUT2D eigenvalue weighted by Gasteiger charge is 2.40. The van der Waals surface area contributed by atoms with Crippen molar-refractivity contribution in [2.45, 2.75) is 24.7 Å². The lowest BCUT2D eigenvalue weighted by molar-refractivity contribution is -0.120. The number of carbonyl (C=O) groups is 3. The molecule has 2 N–H and O–H groups in total. The Morgan fingerprint density at radius 1 is 1.03 bits per heavy atom. The van der Waals surface area contributed by atoms with Crippen LogP contribution >= 0.6 is 23.4 Å². The molecular formula is C27H23ClN2O5S. The van der Waals surface area contributed by atoms with Gasteiger partial charge in [0, 0.05) is 21.7 Å². The molecule has 9 heteroatoms. The fraction of sp³-hybridized carbons (Fsp3) is 0.148. The molecule has 1 aliphatic heterocycles. The maximum Gasteiger partial charge on any atom is 0.338 e. The fourth-order valence-electron chi connectivity index (χ4n) is 3.44. The van der Waals surface area contributed by atoms with Crippen molar-refractivity contribution in [2.24, 2.45) is 0 Å². The highest BCUT2D eigenvalue weighted by molar-refractivity contribution is 8.04. The summed E-state index contributed by atoms with van der Waals surface area (Å²) < 4.78 is 5.22. The van der Waals surface area contributed by atoms with Crippen LogP contribution in [0.25, 0.3) is 0 Å². The maximum atomic E-state index is 13.5. The number of halogens is 1. The molecule has 0 spiro atoms. The van der Waals surface area contributed by atoms with Crippen molar-refractivity contribution in [1.29, 1.82) is 0 Å². The van der Waals surface area contributed by atoms with Gasteiger partial charge in [-0.2, -0.15) is 0 Å². The number of amides is 2. The summed E-state index contributed by atoms with van der Waals surface area (Å²) in [6.45, 7) is 2.34. The van der Waals surface area contributed by atoms with Crippen LogP contribution in [-0.4, -0.2) is 29.5 Å². The number of nitrogens with one attached hydrogen (secondary N) is 1. The number of nitrogens with zero attached hydrogens (tertiary/aromatic N) is 1. The minimum Gasteiger partial charge on any atom is -0.508 e. The summed E-state index contributed by atoms with van der Waals surface area (Å²) in [7, 11) is 0. The molecule has 0 saturated carbocycles. The van der Waals surface area contributed by atoms with Gasteiger partial charge >= 0.3 is 5.97 Å². The van der Waals surface area contributed by atoms with Crippen LogP contribution in [0.4, 0.5) is 11.4 Å².